The summed E-state index contributed by atoms with van der Waals surface area (Å²) in [6.07, 6.45) is 9.02. The molecule has 2 aliphatic heterocycles. The van der Waals surface area contributed by atoms with E-state index >= 15 is 0 Å². The first-order valence-corrected chi connectivity index (χ1v) is 13.3. The van der Waals surface area contributed by atoms with Crippen LogP contribution in [0, 0.1) is 19.3 Å². The Labute approximate surface area is 202 Å². The van der Waals surface area contributed by atoms with Gasteiger partial charge in [0.2, 0.25) is 5.91 Å². The van der Waals surface area contributed by atoms with Gasteiger partial charge in [-0.1, -0.05) is 52.5 Å². The first-order valence-electron chi connectivity index (χ1n) is 13.3. The number of anilines is 2. The third-order valence-electron chi connectivity index (χ3n) is 7.44. The Kier molecular flexibility index (Phi) is 9.23. The Bertz CT molecular complexity index is 790. The van der Waals surface area contributed by atoms with Crippen LogP contribution in [0.4, 0.5) is 11.4 Å². The number of nitrogens with zero attached hydrogens (tertiary/aromatic N) is 3. The molecule has 2 aliphatic rings. The number of unbranched alkanes of at least 4 members (excludes halogenated alkanes) is 5. The maximum Gasteiger partial charge on any atom is 0.229 e. The quantitative estimate of drug-likeness (QED) is 0.489. The summed E-state index contributed by atoms with van der Waals surface area (Å²) in [6.45, 7) is 18.7. The van der Waals surface area contributed by atoms with Gasteiger partial charge in [-0.2, -0.15) is 0 Å². The van der Waals surface area contributed by atoms with Crippen LogP contribution >= 0.6 is 0 Å². The Morgan fingerprint density at radius 3 is 2.12 bits per heavy atom. The Morgan fingerprint density at radius 2 is 1.48 bits per heavy atom. The minimum absolute atomic E-state index is 0.0973. The summed E-state index contributed by atoms with van der Waals surface area (Å²) >= 11 is 0. The molecule has 0 radical (unpaired) electrons. The highest BCUT2D eigenvalue weighted by Crippen LogP contribution is 2.41. The van der Waals surface area contributed by atoms with Crippen molar-refractivity contribution in [2.75, 3.05) is 63.1 Å². The number of aryl methyl sites for hydroxylation is 2. The molecule has 186 valence electrons. The molecule has 1 amide bonds. The van der Waals surface area contributed by atoms with E-state index in [0.29, 0.717) is 0 Å². The topological polar surface area (TPSA) is 38.8 Å². The van der Waals surface area contributed by atoms with Gasteiger partial charge in [-0.3, -0.25) is 4.79 Å². The van der Waals surface area contributed by atoms with Crippen LogP contribution in [-0.4, -0.2) is 68.6 Å². The summed E-state index contributed by atoms with van der Waals surface area (Å²) in [5.74, 6) is 0.0973. The maximum atomic E-state index is 12.7. The molecule has 1 aromatic rings. The standard InChI is InChI=1S/C28H48N4O/c1-22-21-23(2)25(29-27(33)28(3,4)5)26-24(22)13-16-32(26)15-12-10-8-7-9-11-14-31-19-17-30(6)18-20-31/h21H,7-20H2,1-6H3,(H,29,33). The second kappa shape index (κ2) is 11.7. The zero-order valence-corrected chi connectivity index (χ0v) is 22.2. The molecule has 5 heteroatoms. The molecule has 5 nitrogen and oxygen atoms in total. The highest BCUT2D eigenvalue weighted by atomic mass is 16.2. The zero-order valence-electron chi connectivity index (χ0n) is 22.2. The SMILES string of the molecule is Cc1cc(C)c(NC(=O)C(C)(C)C)c2c1CCN2CCCCCCCCN1CCN(C)CC1. The fourth-order valence-electron chi connectivity index (χ4n) is 5.13. The number of carbonyl (C=O) groups excluding carboxylic acids is 1. The number of amides is 1. The van der Waals surface area contributed by atoms with Crippen LogP contribution in [0.25, 0.3) is 0 Å². The summed E-state index contributed by atoms with van der Waals surface area (Å²) in [5.41, 5.74) is 5.90. The normalized spacial score (nSPS) is 17.5. The number of piperazine rings is 1. The van der Waals surface area contributed by atoms with Crippen LogP contribution in [0.15, 0.2) is 6.07 Å². The van der Waals surface area contributed by atoms with Gasteiger partial charge in [0.05, 0.1) is 11.4 Å². The van der Waals surface area contributed by atoms with Crippen LogP contribution in [0.3, 0.4) is 0 Å². The molecule has 0 aliphatic carbocycles. The Morgan fingerprint density at radius 1 is 0.879 bits per heavy atom. The molecule has 0 saturated carbocycles. The minimum atomic E-state index is -0.391. The molecule has 2 heterocycles. The number of benzene rings is 1. The van der Waals surface area contributed by atoms with Gasteiger partial charge in [0, 0.05) is 44.7 Å². The van der Waals surface area contributed by atoms with Crippen molar-refractivity contribution in [3.05, 3.63) is 22.8 Å². The van der Waals surface area contributed by atoms with E-state index in [2.05, 4.69) is 47.0 Å². The average Bonchev–Trinajstić information content (AvgIpc) is 3.18. The van der Waals surface area contributed by atoms with Gasteiger partial charge < -0.3 is 20.0 Å². The molecule has 0 spiro atoms. The molecule has 1 aromatic carbocycles. The lowest BCUT2D eigenvalue weighted by Gasteiger charge is -2.32. The summed E-state index contributed by atoms with van der Waals surface area (Å²) in [5, 5.41) is 3.27. The molecule has 33 heavy (non-hydrogen) atoms. The lowest BCUT2D eigenvalue weighted by molar-refractivity contribution is -0.123. The van der Waals surface area contributed by atoms with Gasteiger partial charge in [-0.05, 0) is 63.4 Å². The summed E-state index contributed by atoms with van der Waals surface area (Å²) in [6, 6.07) is 2.24. The van der Waals surface area contributed by atoms with E-state index in [4.69, 9.17) is 0 Å². The van der Waals surface area contributed by atoms with Gasteiger partial charge >= 0.3 is 0 Å². The van der Waals surface area contributed by atoms with E-state index in [1.807, 2.05) is 20.8 Å². The smallest absolute Gasteiger partial charge is 0.229 e. The molecule has 1 fully saturated rings. The number of fused-ring (bicyclic) bond motifs is 1. The summed E-state index contributed by atoms with van der Waals surface area (Å²) in [7, 11) is 2.23. The van der Waals surface area contributed by atoms with E-state index in [-0.39, 0.29) is 5.91 Å². The lowest BCUT2D eigenvalue weighted by atomic mass is 9.94. The largest absolute Gasteiger partial charge is 0.369 e. The summed E-state index contributed by atoms with van der Waals surface area (Å²) in [4.78, 5) is 20.3. The van der Waals surface area contributed by atoms with Crippen molar-refractivity contribution in [3.63, 3.8) is 0 Å². The van der Waals surface area contributed by atoms with Gasteiger partial charge in [0.25, 0.3) is 0 Å². The molecule has 1 saturated heterocycles. The van der Waals surface area contributed by atoms with E-state index in [1.54, 1.807) is 0 Å². The minimum Gasteiger partial charge on any atom is -0.369 e. The van der Waals surface area contributed by atoms with E-state index in [1.165, 1.54) is 93.6 Å². The van der Waals surface area contributed by atoms with E-state index in [0.717, 1.165) is 25.2 Å². The molecule has 0 bridgehead atoms. The predicted molar refractivity (Wildman–Crippen MR) is 142 cm³/mol. The van der Waals surface area contributed by atoms with Gasteiger partial charge in [-0.25, -0.2) is 0 Å². The van der Waals surface area contributed by atoms with Crippen molar-refractivity contribution < 1.29 is 4.79 Å². The van der Waals surface area contributed by atoms with Crippen LogP contribution in [0.2, 0.25) is 0 Å². The highest BCUT2D eigenvalue weighted by Gasteiger charge is 2.29. The lowest BCUT2D eigenvalue weighted by Crippen LogP contribution is -2.44. The number of likely N-dealkylation sites (N-methyl/N-ethyl adjacent to an activating group) is 1. The number of rotatable bonds is 10. The third-order valence-corrected chi connectivity index (χ3v) is 7.44. The highest BCUT2D eigenvalue weighted by molar-refractivity contribution is 5.99. The van der Waals surface area contributed by atoms with Crippen molar-refractivity contribution >= 4 is 17.3 Å². The Balaban J connectivity index is 1.43. The van der Waals surface area contributed by atoms with E-state index in [9.17, 15) is 4.79 Å². The maximum absolute atomic E-state index is 12.7. The van der Waals surface area contributed by atoms with Crippen LogP contribution in [-0.2, 0) is 11.2 Å². The second-order valence-electron chi connectivity index (χ2n) is 11.4. The average molecular weight is 457 g/mol. The van der Waals surface area contributed by atoms with E-state index < -0.39 is 5.41 Å². The third kappa shape index (κ3) is 7.19. The molecule has 0 aromatic heterocycles. The van der Waals surface area contributed by atoms with Gasteiger partial charge in [0.15, 0.2) is 0 Å². The van der Waals surface area contributed by atoms with Gasteiger partial charge in [0.1, 0.15) is 0 Å². The van der Waals surface area contributed by atoms with Crippen molar-refractivity contribution in [1.82, 2.24) is 9.80 Å². The number of hydrogen-bond donors (Lipinski definition) is 1. The van der Waals surface area contributed by atoms with Gasteiger partial charge in [-0.15, -0.1) is 0 Å². The van der Waals surface area contributed by atoms with Crippen molar-refractivity contribution in [3.8, 4) is 0 Å². The first-order chi connectivity index (χ1) is 15.7. The van der Waals surface area contributed by atoms with Crippen LogP contribution < -0.4 is 10.2 Å². The molecule has 0 unspecified atom stereocenters. The number of carbonyl (C=O) groups is 1. The van der Waals surface area contributed by atoms with Crippen LogP contribution in [0.1, 0.15) is 76.0 Å². The van der Waals surface area contributed by atoms with Crippen LogP contribution in [0.5, 0.6) is 0 Å². The molecule has 3 rings (SSSR count). The van der Waals surface area contributed by atoms with Crippen molar-refractivity contribution in [2.24, 2.45) is 5.41 Å². The zero-order chi connectivity index (χ0) is 24.0. The molecule has 1 N–H and O–H groups in total. The van der Waals surface area contributed by atoms with Crippen molar-refractivity contribution in [2.45, 2.75) is 79.6 Å². The predicted octanol–water partition coefficient (Wildman–Crippen LogP) is 5.24. The first kappa shape index (κ1) is 26.0. The molecular formula is C28H48N4O. The molecule has 0 atom stereocenters. The summed E-state index contributed by atoms with van der Waals surface area (Å²) < 4.78 is 0. The monoisotopic (exact) mass is 456 g/mol. The van der Waals surface area contributed by atoms with Crippen molar-refractivity contribution in [1.29, 1.82) is 0 Å². The molecular weight excluding hydrogens is 408 g/mol. The Hall–Kier alpha value is -1.59. The number of hydrogen-bond acceptors (Lipinski definition) is 4. The second-order valence-corrected chi connectivity index (χ2v) is 11.4. The fourth-order valence-corrected chi connectivity index (χ4v) is 5.13. The fraction of sp³-hybridized carbons (Fsp3) is 0.750. The number of nitrogens with one attached hydrogen (secondary N) is 1.